The molecular weight excluding hydrogens is 292 g/mol. The molecule has 122 valence electrons. The molecule has 1 saturated heterocycles. The molecule has 1 unspecified atom stereocenters. The Bertz CT molecular complexity index is 686. The van der Waals surface area contributed by atoms with E-state index in [1.807, 2.05) is 0 Å². The Morgan fingerprint density at radius 1 is 0.833 bits per heavy atom. The van der Waals surface area contributed by atoms with Gasteiger partial charge in [0.05, 0.1) is 11.5 Å². The fraction of sp³-hybridized carbons (Fsp3) is 0.409. The van der Waals surface area contributed by atoms with Gasteiger partial charge < -0.3 is 4.90 Å². The van der Waals surface area contributed by atoms with Crippen molar-refractivity contribution in [3.63, 3.8) is 0 Å². The van der Waals surface area contributed by atoms with Gasteiger partial charge in [0.1, 0.15) is 0 Å². The summed E-state index contributed by atoms with van der Waals surface area (Å²) in [6, 6.07) is 24.0. The van der Waals surface area contributed by atoms with Gasteiger partial charge in [-0.2, -0.15) is 5.26 Å². The topological polar surface area (TPSA) is 27.0 Å². The molecule has 1 atom stereocenters. The normalized spacial score (nSPS) is 25.8. The van der Waals surface area contributed by atoms with Gasteiger partial charge in [0.15, 0.2) is 0 Å². The SMILES string of the molecule is N#CC1(CN2CCCCC2)CC1(c1ccccc1)c1ccccc1. The summed E-state index contributed by atoms with van der Waals surface area (Å²) < 4.78 is 0. The lowest BCUT2D eigenvalue weighted by Crippen LogP contribution is -2.37. The number of rotatable bonds is 4. The van der Waals surface area contributed by atoms with Crippen molar-refractivity contribution in [2.75, 3.05) is 19.6 Å². The van der Waals surface area contributed by atoms with Crippen molar-refractivity contribution in [3.8, 4) is 6.07 Å². The molecule has 0 radical (unpaired) electrons. The number of nitrogens with zero attached hydrogens (tertiary/aromatic N) is 2. The minimum Gasteiger partial charge on any atom is -0.302 e. The maximum atomic E-state index is 10.2. The first-order chi connectivity index (χ1) is 11.8. The van der Waals surface area contributed by atoms with Crippen LogP contribution in [0.4, 0.5) is 0 Å². The zero-order chi connectivity index (χ0) is 16.5. The number of benzene rings is 2. The Hall–Kier alpha value is -2.11. The molecule has 1 saturated carbocycles. The van der Waals surface area contributed by atoms with E-state index in [2.05, 4.69) is 71.6 Å². The summed E-state index contributed by atoms with van der Waals surface area (Å²) in [6.45, 7) is 3.18. The smallest absolute Gasteiger partial charge is 0.0850 e. The summed E-state index contributed by atoms with van der Waals surface area (Å²) in [6.07, 6.45) is 4.80. The monoisotopic (exact) mass is 316 g/mol. The Morgan fingerprint density at radius 3 is 1.88 bits per heavy atom. The lowest BCUT2D eigenvalue weighted by atomic mass is 9.80. The maximum absolute atomic E-state index is 10.2. The lowest BCUT2D eigenvalue weighted by Gasteiger charge is -2.31. The second-order valence-electron chi connectivity index (χ2n) is 7.34. The molecule has 2 aromatic carbocycles. The van der Waals surface area contributed by atoms with Crippen LogP contribution in [0.5, 0.6) is 0 Å². The van der Waals surface area contributed by atoms with E-state index in [1.54, 1.807) is 0 Å². The molecule has 0 spiro atoms. The molecule has 0 N–H and O–H groups in total. The van der Waals surface area contributed by atoms with Crippen molar-refractivity contribution < 1.29 is 0 Å². The van der Waals surface area contributed by atoms with Gasteiger partial charge in [-0.1, -0.05) is 67.1 Å². The first-order valence-corrected chi connectivity index (χ1v) is 9.05. The fourth-order valence-corrected chi connectivity index (χ4v) is 4.64. The summed E-state index contributed by atoms with van der Waals surface area (Å²) >= 11 is 0. The number of piperidine rings is 1. The van der Waals surface area contributed by atoms with Crippen molar-refractivity contribution in [1.82, 2.24) is 4.90 Å². The number of hydrogen-bond acceptors (Lipinski definition) is 2. The Labute approximate surface area is 144 Å². The van der Waals surface area contributed by atoms with Crippen molar-refractivity contribution in [3.05, 3.63) is 71.8 Å². The van der Waals surface area contributed by atoms with E-state index in [9.17, 15) is 5.26 Å². The molecule has 1 aliphatic carbocycles. The molecule has 4 rings (SSSR count). The number of likely N-dealkylation sites (tertiary alicyclic amines) is 1. The quantitative estimate of drug-likeness (QED) is 0.837. The molecule has 2 heteroatoms. The zero-order valence-electron chi connectivity index (χ0n) is 14.1. The second-order valence-corrected chi connectivity index (χ2v) is 7.34. The fourth-order valence-electron chi connectivity index (χ4n) is 4.64. The van der Waals surface area contributed by atoms with Gasteiger partial charge in [-0.05, 0) is 43.5 Å². The molecule has 1 aliphatic heterocycles. The van der Waals surface area contributed by atoms with E-state index in [-0.39, 0.29) is 10.8 Å². The standard InChI is InChI=1S/C22H24N2/c23-17-21(18-24-14-8-3-9-15-24)16-22(21,19-10-4-1-5-11-19)20-12-6-2-7-13-20/h1-2,4-7,10-13H,3,8-9,14-16,18H2. The van der Waals surface area contributed by atoms with Gasteiger partial charge in [0, 0.05) is 12.0 Å². The third kappa shape index (κ3) is 2.36. The van der Waals surface area contributed by atoms with Gasteiger partial charge >= 0.3 is 0 Å². The van der Waals surface area contributed by atoms with Crippen LogP contribution >= 0.6 is 0 Å². The highest BCUT2D eigenvalue weighted by Gasteiger charge is 2.70. The molecule has 1 heterocycles. The predicted molar refractivity (Wildman–Crippen MR) is 96.6 cm³/mol. The Kier molecular flexibility index (Phi) is 3.90. The summed E-state index contributed by atoms with van der Waals surface area (Å²) in [5.74, 6) is 0. The Morgan fingerprint density at radius 2 is 1.38 bits per heavy atom. The van der Waals surface area contributed by atoms with Crippen molar-refractivity contribution in [2.45, 2.75) is 31.1 Å². The molecule has 0 bridgehead atoms. The number of nitriles is 1. The lowest BCUT2D eigenvalue weighted by molar-refractivity contribution is 0.198. The van der Waals surface area contributed by atoms with Crippen LogP contribution in [0.1, 0.15) is 36.8 Å². The molecule has 0 amide bonds. The van der Waals surface area contributed by atoms with Gasteiger partial charge in [0.2, 0.25) is 0 Å². The summed E-state index contributed by atoms with van der Waals surface area (Å²) in [5.41, 5.74) is 2.12. The van der Waals surface area contributed by atoms with Gasteiger partial charge in [-0.25, -0.2) is 0 Å². The van der Waals surface area contributed by atoms with E-state index in [0.29, 0.717) is 0 Å². The molecule has 0 aromatic heterocycles. The highest BCUT2D eigenvalue weighted by Crippen LogP contribution is 2.68. The van der Waals surface area contributed by atoms with Crippen LogP contribution in [0.25, 0.3) is 0 Å². The largest absolute Gasteiger partial charge is 0.302 e. The molecule has 2 nitrogen and oxygen atoms in total. The summed E-state index contributed by atoms with van der Waals surface area (Å²) in [5, 5.41) is 10.2. The average molecular weight is 316 g/mol. The van der Waals surface area contributed by atoms with Crippen LogP contribution in [0.15, 0.2) is 60.7 Å². The third-order valence-corrected chi connectivity index (χ3v) is 5.95. The minimum absolute atomic E-state index is 0.151. The minimum atomic E-state index is -0.299. The van der Waals surface area contributed by atoms with E-state index in [0.717, 1.165) is 26.1 Å². The van der Waals surface area contributed by atoms with Crippen LogP contribution < -0.4 is 0 Å². The second kappa shape index (κ2) is 6.07. The van der Waals surface area contributed by atoms with Gasteiger partial charge in [-0.15, -0.1) is 0 Å². The van der Waals surface area contributed by atoms with Gasteiger partial charge in [0.25, 0.3) is 0 Å². The van der Waals surface area contributed by atoms with E-state index in [4.69, 9.17) is 0 Å². The molecule has 2 fully saturated rings. The van der Waals surface area contributed by atoms with Crippen LogP contribution in [-0.2, 0) is 5.41 Å². The summed E-state index contributed by atoms with van der Waals surface area (Å²) in [7, 11) is 0. The van der Waals surface area contributed by atoms with Gasteiger partial charge in [-0.3, -0.25) is 0 Å². The summed E-state index contributed by atoms with van der Waals surface area (Å²) in [4.78, 5) is 2.51. The number of hydrogen-bond donors (Lipinski definition) is 0. The third-order valence-electron chi connectivity index (χ3n) is 5.95. The Balaban J connectivity index is 1.74. The van der Waals surface area contributed by atoms with Crippen molar-refractivity contribution in [1.29, 1.82) is 5.26 Å². The molecule has 2 aliphatic rings. The highest BCUT2D eigenvalue weighted by atomic mass is 15.1. The van der Waals surface area contributed by atoms with Crippen LogP contribution in [0, 0.1) is 16.7 Å². The predicted octanol–water partition coefficient (Wildman–Crippen LogP) is 4.37. The van der Waals surface area contributed by atoms with Crippen LogP contribution in [0.2, 0.25) is 0 Å². The molecule has 2 aromatic rings. The van der Waals surface area contributed by atoms with Crippen LogP contribution in [0.3, 0.4) is 0 Å². The van der Waals surface area contributed by atoms with E-state index in [1.165, 1.54) is 30.4 Å². The average Bonchev–Trinajstić information content (AvgIpc) is 3.34. The van der Waals surface area contributed by atoms with Crippen LogP contribution in [-0.4, -0.2) is 24.5 Å². The molecule has 24 heavy (non-hydrogen) atoms. The first kappa shape index (κ1) is 15.4. The first-order valence-electron chi connectivity index (χ1n) is 9.05. The maximum Gasteiger partial charge on any atom is 0.0850 e. The molecular formula is C22H24N2. The highest BCUT2D eigenvalue weighted by molar-refractivity contribution is 5.54. The van der Waals surface area contributed by atoms with Crippen molar-refractivity contribution in [2.24, 2.45) is 5.41 Å². The zero-order valence-corrected chi connectivity index (χ0v) is 14.1. The van der Waals surface area contributed by atoms with Crippen molar-refractivity contribution >= 4 is 0 Å². The van der Waals surface area contributed by atoms with E-state index < -0.39 is 0 Å². The van der Waals surface area contributed by atoms with E-state index >= 15 is 0 Å².